The Morgan fingerprint density at radius 1 is 1.50 bits per heavy atom. The SMILES string of the molecule is Cc1noc(C)c1S(=O)(=O)N1CC[C@H](O)C1. The number of aromatic nitrogens is 1. The Morgan fingerprint density at radius 3 is 2.62 bits per heavy atom. The second kappa shape index (κ2) is 3.83. The van der Waals surface area contributed by atoms with Crippen LogP contribution in [0.25, 0.3) is 0 Å². The zero-order valence-electron chi connectivity index (χ0n) is 9.17. The summed E-state index contributed by atoms with van der Waals surface area (Å²) >= 11 is 0. The highest BCUT2D eigenvalue weighted by Crippen LogP contribution is 2.25. The minimum Gasteiger partial charge on any atom is -0.392 e. The van der Waals surface area contributed by atoms with Gasteiger partial charge in [-0.2, -0.15) is 4.31 Å². The van der Waals surface area contributed by atoms with Crippen molar-refractivity contribution in [3.05, 3.63) is 11.5 Å². The summed E-state index contributed by atoms with van der Waals surface area (Å²) in [4.78, 5) is 0.126. The third-order valence-corrected chi connectivity index (χ3v) is 4.80. The van der Waals surface area contributed by atoms with Crippen LogP contribution < -0.4 is 0 Å². The van der Waals surface area contributed by atoms with Crippen molar-refractivity contribution in [2.75, 3.05) is 13.1 Å². The van der Waals surface area contributed by atoms with Crippen LogP contribution in [0.3, 0.4) is 0 Å². The monoisotopic (exact) mass is 246 g/mol. The zero-order valence-corrected chi connectivity index (χ0v) is 9.99. The van der Waals surface area contributed by atoms with Crippen LogP contribution in [0.4, 0.5) is 0 Å². The molecular formula is C9H14N2O4S. The average Bonchev–Trinajstić information content (AvgIpc) is 2.74. The average molecular weight is 246 g/mol. The van der Waals surface area contributed by atoms with Gasteiger partial charge in [0.05, 0.1) is 6.10 Å². The van der Waals surface area contributed by atoms with Crippen LogP contribution in [0.5, 0.6) is 0 Å². The lowest BCUT2D eigenvalue weighted by atomic mass is 10.3. The molecular weight excluding hydrogens is 232 g/mol. The van der Waals surface area contributed by atoms with Crippen LogP contribution in [-0.4, -0.2) is 42.2 Å². The summed E-state index contributed by atoms with van der Waals surface area (Å²) < 4.78 is 30.5. The van der Waals surface area contributed by atoms with Crippen LogP contribution in [-0.2, 0) is 10.0 Å². The summed E-state index contributed by atoms with van der Waals surface area (Å²) in [7, 11) is -3.57. The summed E-state index contributed by atoms with van der Waals surface area (Å²) in [5.74, 6) is 0.291. The van der Waals surface area contributed by atoms with E-state index in [9.17, 15) is 13.5 Å². The van der Waals surface area contributed by atoms with E-state index in [1.165, 1.54) is 4.31 Å². The number of rotatable bonds is 2. The maximum atomic E-state index is 12.2. The van der Waals surface area contributed by atoms with Gasteiger partial charge in [-0.15, -0.1) is 0 Å². The summed E-state index contributed by atoms with van der Waals surface area (Å²) in [6.07, 6.45) is -0.0990. The molecule has 7 heteroatoms. The first-order chi connectivity index (χ1) is 7.43. The molecule has 1 fully saturated rings. The molecule has 1 aromatic heterocycles. The largest absolute Gasteiger partial charge is 0.392 e. The van der Waals surface area contributed by atoms with E-state index in [-0.39, 0.29) is 11.4 Å². The molecule has 0 aliphatic carbocycles. The zero-order chi connectivity index (χ0) is 11.9. The lowest BCUT2D eigenvalue weighted by Crippen LogP contribution is -2.30. The first-order valence-electron chi connectivity index (χ1n) is 5.04. The molecule has 0 radical (unpaired) electrons. The molecule has 1 aliphatic rings. The van der Waals surface area contributed by atoms with Crippen molar-refractivity contribution in [3.63, 3.8) is 0 Å². The molecule has 2 heterocycles. The number of β-amino-alcohol motifs (C(OH)–C–C–N with tert-alkyl or cyclic N) is 1. The predicted molar refractivity (Wildman–Crippen MR) is 55.4 cm³/mol. The van der Waals surface area contributed by atoms with Gasteiger partial charge in [-0.05, 0) is 20.3 Å². The lowest BCUT2D eigenvalue weighted by molar-refractivity contribution is 0.189. The lowest BCUT2D eigenvalue weighted by Gasteiger charge is -2.14. The fourth-order valence-corrected chi connectivity index (χ4v) is 3.68. The number of hydrogen-bond acceptors (Lipinski definition) is 5. The highest BCUT2D eigenvalue weighted by molar-refractivity contribution is 7.89. The van der Waals surface area contributed by atoms with Crippen LogP contribution in [0, 0.1) is 13.8 Å². The van der Waals surface area contributed by atoms with Gasteiger partial charge >= 0.3 is 0 Å². The number of hydrogen-bond donors (Lipinski definition) is 1. The number of nitrogens with zero attached hydrogens (tertiary/aromatic N) is 2. The Balaban J connectivity index is 2.40. The van der Waals surface area contributed by atoms with Gasteiger partial charge < -0.3 is 9.63 Å². The van der Waals surface area contributed by atoms with E-state index in [2.05, 4.69) is 5.16 Å². The van der Waals surface area contributed by atoms with Crippen LogP contribution in [0.1, 0.15) is 17.9 Å². The highest BCUT2D eigenvalue weighted by atomic mass is 32.2. The smallest absolute Gasteiger partial charge is 0.248 e. The molecule has 0 bridgehead atoms. The molecule has 16 heavy (non-hydrogen) atoms. The molecule has 0 spiro atoms. The minimum atomic E-state index is -3.57. The van der Waals surface area contributed by atoms with E-state index in [0.717, 1.165) is 0 Å². The molecule has 0 amide bonds. The third-order valence-electron chi connectivity index (χ3n) is 2.69. The molecule has 6 nitrogen and oxygen atoms in total. The normalized spacial score (nSPS) is 22.8. The topological polar surface area (TPSA) is 83.6 Å². The van der Waals surface area contributed by atoms with Gasteiger partial charge in [-0.25, -0.2) is 8.42 Å². The van der Waals surface area contributed by atoms with Gasteiger partial charge in [0.1, 0.15) is 10.6 Å². The van der Waals surface area contributed by atoms with E-state index in [1.807, 2.05) is 0 Å². The second-order valence-corrected chi connectivity index (χ2v) is 5.83. The van der Waals surface area contributed by atoms with E-state index in [1.54, 1.807) is 13.8 Å². The molecule has 90 valence electrons. The quantitative estimate of drug-likeness (QED) is 0.797. The number of aliphatic hydroxyl groups excluding tert-OH is 1. The summed E-state index contributed by atoms with van der Waals surface area (Å²) in [6, 6.07) is 0. The summed E-state index contributed by atoms with van der Waals surface area (Å²) in [6.45, 7) is 3.65. The maximum absolute atomic E-state index is 12.2. The Labute approximate surface area is 93.9 Å². The van der Waals surface area contributed by atoms with E-state index < -0.39 is 16.1 Å². The first kappa shape index (κ1) is 11.6. The van der Waals surface area contributed by atoms with Crippen LogP contribution in [0.15, 0.2) is 9.42 Å². The van der Waals surface area contributed by atoms with Crippen molar-refractivity contribution in [3.8, 4) is 0 Å². The molecule has 2 rings (SSSR count). The Bertz CT molecular complexity index is 474. The van der Waals surface area contributed by atoms with Crippen molar-refractivity contribution < 1.29 is 18.0 Å². The first-order valence-corrected chi connectivity index (χ1v) is 6.48. The minimum absolute atomic E-state index is 0.126. The van der Waals surface area contributed by atoms with Crippen molar-refractivity contribution >= 4 is 10.0 Å². The fraction of sp³-hybridized carbons (Fsp3) is 0.667. The molecule has 0 aromatic carbocycles. The molecule has 0 unspecified atom stereocenters. The van der Waals surface area contributed by atoms with E-state index >= 15 is 0 Å². The van der Waals surface area contributed by atoms with Gasteiger partial charge in [0.15, 0.2) is 5.76 Å². The second-order valence-electron chi connectivity index (χ2n) is 3.96. The molecule has 1 atom stereocenters. The highest BCUT2D eigenvalue weighted by Gasteiger charge is 2.35. The molecule has 1 aliphatic heterocycles. The maximum Gasteiger partial charge on any atom is 0.248 e. The number of aliphatic hydroxyl groups is 1. The molecule has 1 aromatic rings. The van der Waals surface area contributed by atoms with Crippen LogP contribution in [0.2, 0.25) is 0 Å². The molecule has 0 saturated carbocycles. The standard InChI is InChI=1S/C9H14N2O4S/c1-6-9(7(2)15-10-6)16(13,14)11-4-3-8(12)5-11/h8,12H,3-5H2,1-2H3/t8-/m0/s1. The van der Waals surface area contributed by atoms with Gasteiger partial charge in [0.25, 0.3) is 0 Å². The summed E-state index contributed by atoms with van der Waals surface area (Å²) in [5.41, 5.74) is 0.360. The summed E-state index contributed by atoms with van der Waals surface area (Å²) in [5, 5.41) is 13.0. The van der Waals surface area contributed by atoms with Crippen LogP contribution >= 0.6 is 0 Å². The molecule has 1 N–H and O–H groups in total. The Hall–Kier alpha value is -0.920. The number of sulfonamides is 1. The van der Waals surface area contributed by atoms with Gasteiger partial charge in [0, 0.05) is 13.1 Å². The van der Waals surface area contributed by atoms with E-state index in [4.69, 9.17) is 4.52 Å². The predicted octanol–water partition coefficient (Wildman–Crippen LogP) is 0.0467. The van der Waals surface area contributed by atoms with Gasteiger partial charge in [-0.3, -0.25) is 0 Å². The van der Waals surface area contributed by atoms with Gasteiger partial charge in [-0.1, -0.05) is 5.16 Å². The Kier molecular flexibility index (Phi) is 2.77. The Morgan fingerprint density at radius 2 is 2.19 bits per heavy atom. The van der Waals surface area contributed by atoms with Crippen molar-refractivity contribution in [1.82, 2.24) is 9.46 Å². The van der Waals surface area contributed by atoms with Crippen molar-refractivity contribution in [2.24, 2.45) is 0 Å². The molecule has 1 saturated heterocycles. The fourth-order valence-electron chi connectivity index (χ4n) is 1.90. The number of aryl methyl sites for hydroxylation is 2. The third kappa shape index (κ3) is 1.74. The van der Waals surface area contributed by atoms with Crippen molar-refractivity contribution in [1.29, 1.82) is 0 Å². The van der Waals surface area contributed by atoms with Crippen molar-refractivity contribution in [2.45, 2.75) is 31.3 Å². The van der Waals surface area contributed by atoms with E-state index in [0.29, 0.717) is 24.4 Å². The van der Waals surface area contributed by atoms with Gasteiger partial charge in [0.2, 0.25) is 10.0 Å².